The second-order valence-corrected chi connectivity index (χ2v) is 10.4. The molecule has 186 valence electrons. The Bertz CT molecular complexity index is 1160. The van der Waals surface area contributed by atoms with Gasteiger partial charge in [0.15, 0.2) is 0 Å². The van der Waals surface area contributed by atoms with Crippen LogP contribution in [0, 0.1) is 23.7 Å². The third kappa shape index (κ3) is 6.32. The highest BCUT2D eigenvalue weighted by atomic mass is 16.2. The molecule has 0 aliphatic carbocycles. The van der Waals surface area contributed by atoms with Gasteiger partial charge in [0.05, 0.1) is 18.3 Å². The summed E-state index contributed by atoms with van der Waals surface area (Å²) in [5, 5.41) is 6.97. The number of carbonyl (C=O) groups is 1. The molecule has 0 radical (unpaired) electrons. The molecule has 1 N–H and O–H groups in total. The lowest BCUT2D eigenvalue weighted by atomic mass is 10.1. The predicted molar refractivity (Wildman–Crippen MR) is 140 cm³/mol. The summed E-state index contributed by atoms with van der Waals surface area (Å²) in [6, 6.07) is 3.81. The summed E-state index contributed by atoms with van der Waals surface area (Å²) in [4.78, 5) is 22.8. The number of aromatic nitrogens is 4. The molecular weight excluding hydrogens is 436 g/mol. The number of amides is 1. The van der Waals surface area contributed by atoms with Gasteiger partial charge in [-0.2, -0.15) is 5.10 Å². The number of hydrogen-bond acceptors (Lipinski definition) is 4. The number of carbonyl (C=O) groups excluding carboxylic acids is 1. The maximum atomic E-state index is 13.6. The fourth-order valence-corrected chi connectivity index (χ4v) is 4.37. The van der Waals surface area contributed by atoms with Gasteiger partial charge in [-0.05, 0) is 68.7 Å². The van der Waals surface area contributed by atoms with Crippen molar-refractivity contribution in [1.29, 1.82) is 0 Å². The molecular formula is C28H38N6O. The largest absolute Gasteiger partial charge is 0.339 e. The highest BCUT2D eigenvalue weighted by molar-refractivity contribution is 5.94. The van der Waals surface area contributed by atoms with E-state index >= 15 is 0 Å². The van der Waals surface area contributed by atoms with Crippen LogP contribution in [-0.2, 0) is 0 Å². The van der Waals surface area contributed by atoms with E-state index in [0.717, 1.165) is 68.2 Å². The summed E-state index contributed by atoms with van der Waals surface area (Å²) in [5.41, 5.74) is 3.92. The van der Waals surface area contributed by atoms with Crippen LogP contribution in [0.5, 0.6) is 0 Å². The third-order valence-corrected chi connectivity index (χ3v) is 6.59. The van der Waals surface area contributed by atoms with E-state index < -0.39 is 0 Å². The molecule has 1 aliphatic rings. The fraction of sp³-hybridized carbons (Fsp3) is 0.536. The Morgan fingerprint density at radius 1 is 1.11 bits per heavy atom. The van der Waals surface area contributed by atoms with Gasteiger partial charge in [-0.25, -0.2) is 4.98 Å². The van der Waals surface area contributed by atoms with Gasteiger partial charge in [0.1, 0.15) is 17.0 Å². The van der Waals surface area contributed by atoms with E-state index in [4.69, 9.17) is 4.98 Å². The Morgan fingerprint density at radius 2 is 1.83 bits per heavy atom. The van der Waals surface area contributed by atoms with Crippen molar-refractivity contribution < 1.29 is 4.79 Å². The average molecular weight is 475 g/mol. The van der Waals surface area contributed by atoms with Crippen LogP contribution in [0.4, 0.5) is 0 Å². The summed E-state index contributed by atoms with van der Waals surface area (Å²) < 4.78 is 1.97. The molecule has 3 aromatic heterocycles. The van der Waals surface area contributed by atoms with Crippen molar-refractivity contribution in [2.24, 2.45) is 11.8 Å². The molecule has 1 aliphatic heterocycles. The van der Waals surface area contributed by atoms with E-state index in [1.165, 1.54) is 12.8 Å². The number of likely N-dealkylation sites (tertiary alicyclic amines) is 1. The van der Waals surface area contributed by atoms with Gasteiger partial charge in [0, 0.05) is 31.0 Å². The van der Waals surface area contributed by atoms with Crippen LogP contribution in [0.15, 0.2) is 30.7 Å². The number of nitrogens with zero attached hydrogens (tertiary/aromatic N) is 5. The second kappa shape index (κ2) is 11.5. The molecule has 35 heavy (non-hydrogen) atoms. The lowest BCUT2D eigenvalue weighted by Crippen LogP contribution is -2.34. The first-order chi connectivity index (χ1) is 16.9. The average Bonchev–Trinajstić information content (AvgIpc) is 3.59. The molecule has 0 aromatic carbocycles. The number of imidazole rings is 1. The molecule has 0 atom stereocenters. The maximum Gasteiger partial charge on any atom is 0.255 e. The van der Waals surface area contributed by atoms with Crippen molar-refractivity contribution in [1.82, 2.24) is 29.4 Å². The Hall–Kier alpha value is -3.11. The summed E-state index contributed by atoms with van der Waals surface area (Å²) in [5.74, 6) is 7.89. The van der Waals surface area contributed by atoms with E-state index in [0.29, 0.717) is 17.4 Å². The fourth-order valence-electron chi connectivity index (χ4n) is 4.37. The van der Waals surface area contributed by atoms with Crippen LogP contribution >= 0.6 is 0 Å². The highest BCUT2D eigenvalue weighted by Gasteiger charge is 2.20. The monoisotopic (exact) mass is 474 g/mol. The number of aromatic amines is 1. The minimum Gasteiger partial charge on any atom is -0.339 e. The molecule has 0 saturated carbocycles. The van der Waals surface area contributed by atoms with Crippen LogP contribution in [0.25, 0.3) is 16.9 Å². The van der Waals surface area contributed by atoms with Crippen LogP contribution < -0.4 is 0 Å². The number of fused-ring (bicyclic) bond motifs is 1. The number of hydrogen-bond donors (Lipinski definition) is 1. The van der Waals surface area contributed by atoms with E-state index in [1.807, 2.05) is 33.8 Å². The molecule has 7 heteroatoms. The van der Waals surface area contributed by atoms with Crippen LogP contribution in [0.1, 0.15) is 69.4 Å². The van der Waals surface area contributed by atoms with Crippen LogP contribution in [-0.4, -0.2) is 68.0 Å². The van der Waals surface area contributed by atoms with Crippen LogP contribution in [0.2, 0.25) is 0 Å². The molecule has 1 amide bonds. The van der Waals surface area contributed by atoms with Crippen molar-refractivity contribution in [3.8, 4) is 23.1 Å². The van der Waals surface area contributed by atoms with Crippen molar-refractivity contribution in [3.63, 3.8) is 0 Å². The third-order valence-electron chi connectivity index (χ3n) is 6.59. The Labute approximate surface area is 208 Å². The van der Waals surface area contributed by atoms with Crippen molar-refractivity contribution in [3.05, 3.63) is 42.0 Å². The number of H-pyrrole nitrogens is 1. The first kappa shape index (κ1) is 25.0. The molecule has 4 rings (SSSR count). The normalized spacial score (nSPS) is 14.1. The van der Waals surface area contributed by atoms with Crippen molar-refractivity contribution in [2.45, 2.75) is 53.4 Å². The number of pyridine rings is 1. The SMILES string of the molecule is CC(C)CCN(CCC(C)C)C(=O)c1ccc2nc(-c3cn[nH]c3)c(C#CCN3CCCC3)n2c1. The van der Waals surface area contributed by atoms with E-state index in [1.54, 1.807) is 6.20 Å². The molecule has 7 nitrogen and oxygen atoms in total. The quantitative estimate of drug-likeness (QED) is 0.456. The highest BCUT2D eigenvalue weighted by Crippen LogP contribution is 2.24. The van der Waals surface area contributed by atoms with E-state index in [-0.39, 0.29) is 5.91 Å². The first-order valence-corrected chi connectivity index (χ1v) is 12.9. The van der Waals surface area contributed by atoms with Crippen molar-refractivity contribution >= 4 is 11.6 Å². The molecule has 3 aromatic rings. The zero-order valence-electron chi connectivity index (χ0n) is 21.5. The predicted octanol–water partition coefficient (Wildman–Crippen LogP) is 4.71. The Balaban J connectivity index is 1.67. The van der Waals surface area contributed by atoms with E-state index in [9.17, 15) is 4.79 Å². The first-order valence-electron chi connectivity index (χ1n) is 12.9. The van der Waals surface area contributed by atoms with Gasteiger partial charge >= 0.3 is 0 Å². The smallest absolute Gasteiger partial charge is 0.255 e. The zero-order valence-corrected chi connectivity index (χ0v) is 21.5. The molecule has 1 saturated heterocycles. The zero-order chi connectivity index (χ0) is 24.8. The molecule has 4 heterocycles. The van der Waals surface area contributed by atoms with Gasteiger partial charge in [-0.3, -0.25) is 19.2 Å². The standard InChI is InChI=1S/C28H38N6O/c1-21(2)11-16-33(17-12-22(3)4)28(35)23-9-10-26-31-27(24-18-29-30-19-24)25(34(26)20-23)8-7-15-32-13-5-6-14-32/h9-10,18-22H,5-6,11-17H2,1-4H3,(H,29,30). The Morgan fingerprint density at radius 3 is 2.46 bits per heavy atom. The summed E-state index contributed by atoms with van der Waals surface area (Å²) in [6.07, 6.45) is 9.98. The van der Waals surface area contributed by atoms with Crippen LogP contribution in [0.3, 0.4) is 0 Å². The summed E-state index contributed by atoms with van der Waals surface area (Å²) in [7, 11) is 0. The lowest BCUT2D eigenvalue weighted by Gasteiger charge is -2.24. The molecule has 0 bridgehead atoms. The Kier molecular flexibility index (Phi) is 8.25. The molecule has 0 unspecified atom stereocenters. The number of nitrogens with one attached hydrogen (secondary N) is 1. The minimum atomic E-state index is 0.0720. The van der Waals surface area contributed by atoms with Gasteiger partial charge in [-0.1, -0.05) is 33.6 Å². The minimum absolute atomic E-state index is 0.0720. The topological polar surface area (TPSA) is 69.5 Å². The lowest BCUT2D eigenvalue weighted by molar-refractivity contribution is 0.0740. The van der Waals surface area contributed by atoms with Gasteiger partial charge < -0.3 is 4.90 Å². The van der Waals surface area contributed by atoms with Gasteiger partial charge in [0.2, 0.25) is 0 Å². The second-order valence-electron chi connectivity index (χ2n) is 10.4. The molecule has 0 spiro atoms. The van der Waals surface area contributed by atoms with Gasteiger partial charge in [0.25, 0.3) is 5.91 Å². The summed E-state index contributed by atoms with van der Waals surface area (Å²) >= 11 is 0. The summed E-state index contributed by atoms with van der Waals surface area (Å²) in [6.45, 7) is 13.3. The van der Waals surface area contributed by atoms with E-state index in [2.05, 4.69) is 54.6 Å². The number of rotatable bonds is 9. The van der Waals surface area contributed by atoms with Gasteiger partial charge in [-0.15, -0.1) is 0 Å². The molecule has 1 fully saturated rings. The van der Waals surface area contributed by atoms with Crippen molar-refractivity contribution in [2.75, 3.05) is 32.7 Å². The maximum absolute atomic E-state index is 13.6.